The van der Waals surface area contributed by atoms with Crippen molar-refractivity contribution in [1.82, 2.24) is 0 Å². The van der Waals surface area contributed by atoms with Gasteiger partial charge >= 0.3 is 0 Å². The van der Waals surface area contributed by atoms with Gasteiger partial charge in [0.15, 0.2) is 23.0 Å². The van der Waals surface area contributed by atoms with E-state index in [-0.39, 0.29) is 16.9 Å². The molecular formula is C28H26ClNO7. The topological polar surface area (TPSA) is 94.5 Å². The van der Waals surface area contributed by atoms with Crippen molar-refractivity contribution in [3.63, 3.8) is 0 Å². The van der Waals surface area contributed by atoms with Crippen LogP contribution in [0.1, 0.15) is 22.7 Å². The second-order valence-electron chi connectivity index (χ2n) is 8.24. The number of aliphatic hydroxyl groups excluding tert-OH is 1. The van der Waals surface area contributed by atoms with E-state index in [1.807, 2.05) is 0 Å². The Kier molecular flexibility index (Phi) is 7.31. The van der Waals surface area contributed by atoms with Crippen LogP contribution in [0.5, 0.6) is 23.0 Å². The van der Waals surface area contributed by atoms with Gasteiger partial charge in [-0.1, -0.05) is 23.7 Å². The molecule has 3 aromatic carbocycles. The Hall–Kier alpha value is -4.17. The quantitative estimate of drug-likeness (QED) is 0.255. The first-order chi connectivity index (χ1) is 17.8. The number of hydrogen-bond acceptors (Lipinski definition) is 7. The van der Waals surface area contributed by atoms with Crippen LogP contribution in [0.4, 0.5) is 5.69 Å². The zero-order valence-electron chi connectivity index (χ0n) is 21.0. The number of aliphatic hydroxyl groups is 1. The molecule has 9 heteroatoms. The molecule has 8 nitrogen and oxygen atoms in total. The first-order valence-electron chi connectivity index (χ1n) is 11.3. The van der Waals surface area contributed by atoms with Gasteiger partial charge in [0, 0.05) is 16.3 Å². The third-order valence-corrected chi connectivity index (χ3v) is 6.73. The van der Waals surface area contributed by atoms with E-state index in [0.29, 0.717) is 44.8 Å². The highest BCUT2D eigenvalue weighted by molar-refractivity contribution is 6.52. The molecule has 192 valence electrons. The molecule has 1 unspecified atom stereocenters. The molecular weight excluding hydrogens is 498 g/mol. The Morgan fingerprint density at radius 2 is 1.43 bits per heavy atom. The molecule has 1 aliphatic rings. The first kappa shape index (κ1) is 25.9. The van der Waals surface area contributed by atoms with E-state index in [4.69, 9.17) is 30.5 Å². The molecule has 0 spiro atoms. The summed E-state index contributed by atoms with van der Waals surface area (Å²) >= 11 is 6.37. The predicted octanol–water partition coefficient (Wildman–Crippen LogP) is 5.31. The first-order valence-corrected chi connectivity index (χ1v) is 11.7. The fourth-order valence-corrected chi connectivity index (χ4v) is 4.58. The SMILES string of the molecule is COc1ccc(/C(O)=C2\C(=O)C(=O)N(c3cccc(Cl)c3C)C2c2ccc(OC)c(OC)c2)cc1OC. The minimum absolute atomic E-state index is 0.0937. The maximum absolute atomic E-state index is 13.5. The predicted molar refractivity (Wildman–Crippen MR) is 140 cm³/mol. The number of methoxy groups -OCH3 is 4. The van der Waals surface area contributed by atoms with Crippen LogP contribution in [0.25, 0.3) is 5.76 Å². The van der Waals surface area contributed by atoms with Crippen molar-refractivity contribution in [2.24, 2.45) is 0 Å². The number of carbonyl (C=O) groups is 2. The van der Waals surface area contributed by atoms with Crippen LogP contribution in [-0.4, -0.2) is 45.2 Å². The van der Waals surface area contributed by atoms with Gasteiger partial charge < -0.3 is 24.1 Å². The third-order valence-electron chi connectivity index (χ3n) is 6.32. The summed E-state index contributed by atoms with van der Waals surface area (Å²) in [5, 5.41) is 11.9. The molecule has 1 saturated heterocycles. The highest BCUT2D eigenvalue weighted by atomic mass is 35.5. The highest BCUT2D eigenvalue weighted by Gasteiger charge is 2.47. The van der Waals surface area contributed by atoms with Crippen molar-refractivity contribution in [1.29, 1.82) is 0 Å². The minimum atomic E-state index is -0.981. The molecule has 1 heterocycles. The summed E-state index contributed by atoms with van der Waals surface area (Å²) in [5.74, 6) is -0.318. The van der Waals surface area contributed by atoms with Crippen molar-refractivity contribution >= 4 is 34.7 Å². The number of rotatable bonds is 7. The van der Waals surface area contributed by atoms with Crippen LogP contribution in [0.15, 0.2) is 60.2 Å². The van der Waals surface area contributed by atoms with Gasteiger partial charge in [0.2, 0.25) is 0 Å². The van der Waals surface area contributed by atoms with Gasteiger partial charge in [-0.3, -0.25) is 14.5 Å². The third kappa shape index (κ3) is 4.44. The highest BCUT2D eigenvalue weighted by Crippen LogP contribution is 2.46. The molecule has 0 aromatic heterocycles. The van der Waals surface area contributed by atoms with Gasteiger partial charge in [-0.25, -0.2) is 0 Å². The maximum Gasteiger partial charge on any atom is 0.300 e. The zero-order valence-corrected chi connectivity index (χ0v) is 21.8. The van der Waals surface area contributed by atoms with Crippen molar-refractivity contribution < 1.29 is 33.6 Å². The van der Waals surface area contributed by atoms with Gasteiger partial charge in [-0.15, -0.1) is 0 Å². The molecule has 1 N–H and O–H groups in total. The van der Waals surface area contributed by atoms with E-state index in [0.717, 1.165) is 0 Å². The number of carbonyl (C=O) groups excluding carboxylic acids is 2. The maximum atomic E-state index is 13.5. The molecule has 1 atom stereocenters. The number of benzene rings is 3. The van der Waals surface area contributed by atoms with Gasteiger partial charge in [0.1, 0.15) is 5.76 Å². The Morgan fingerprint density at radius 1 is 0.838 bits per heavy atom. The number of nitrogens with zero attached hydrogens (tertiary/aromatic N) is 1. The van der Waals surface area contributed by atoms with Crippen LogP contribution in [0, 0.1) is 6.92 Å². The molecule has 1 amide bonds. The van der Waals surface area contributed by atoms with Crippen LogP contribution in [0.2, 0.25) is 5.02 Å². The average molecular weight is 524 g/mol. The molecule has 1 aliphatic heterocycles. The largest absolute Gasteiger partial charge is 0.507 e. The fraction of sp³-hybridized carbons (Fsp3) is 0.214. The summed E-state index contributed by atoms with van der Waals surface area (Å²) in [7, 11) is 5.96. The number of halogens is 1. The van der Waals surface area contributed by atoms with Crippen molar-refractivity contribution in [2.45, 2.75) is 13.0 Å². The number of amides is 1. The molecule has 3 aromatic rings. The Bertz CT molecular complexity index is 1420. The second-order valence-corrected chi connectivity index (χ2v) is 8.64. The van der Waals surface area contributed by atoms with Gasteiger partial charge in [0.25, 0.3) is 11.7 Å². The smallest absolute Gasteiger partial charge is 0.300 e. The van der Waals surface area contributed by atoms with Crippen LogP contribution in [0.3, 0.4) is 0 Å². The molecule has 0 aliphatic carbocycles. The van der Waals surface area contributed by atoms with Gasteiger partial charge in [0.05, 0.1) is 40.1 Å². The summed E-state index contributed by atoms with van der Waals surface area (Å²) in [6, 6.07) is 13.9. The summed E-state index contributed by atoms with van der Waals surface area (Å²) in [5.41, 5.74) is 1.77. The molecule has 0 bridgehead atoms. The zero-order chi connectivity index (χ0) is 26.9. The van der Waals surface area contributed by atoms with E-state index in [9.17, 15) is 14.7 Å². The van der Waals surface area contributed by atoms with E-state index in [1.54, 1.807) is 55.5 Å². The number of ether oxygens (including phenoxy) is 4. The lowest BCUT2D eigenvalue weighted by Gasteiger charge is -2.27. The number of ketones is 1. The van der Waals surface area contributed by atoms with Crippen molar-refractivity contribution in [3.05, 3.63) is 81.9 Å². The van der Waals surface area contributed by atoms with Crippen LogP contribution < -0.4 is 23.8 Å². The Balaban J connectivity index is 2.00. The standard InChI is InChI=1S/C28H26ClNO7/c1-15-18(29)7-6-8-19(15)30-25(16-9-11-20(34-2)22(13-16)36-4)24(27(32)28(30)33)26(31)17-10-12-21(35-3)23(14-17)37-5/h6-14,25,31H,1-5H3/b26-24+. The lowest BCUT2D eigenvalue weighted by molar-refractivity contribution is -0.132. The normalized spacial score (nSPS) is 16.6. The Morgan fingerprint density at radius 3 is 2.05 bits per heavy atom. The lowest BCUT2D eigenvalue weighted by atomic mass is 9.94. The average Bonchev–Trinajstić information content (AvgIpc) is 3.18. The molecule has 0 saturated carbocycles. The number of hydrogen-bond donors (Lipinski definition) is 1. The van der Waals surface area contributed by atoms with Crippen molar-refractivity contribution in [3.8, 4) is 23.0 Å². The lowest BCUT2D eigenvalue weighted by Crippen LogP contribution is -2.30. The summed E-state index contributed by atoms with van der Waals surface area (Å²) in [6.45, 7) is 1.76. The fourth-order valence-electron chi connectivity index (χ4n) is 4.42. The number of anilines is 1. The second kappa shape index (κ2) is 10.4. The summed E-state index contributed by atoms with van der Waals surface area (Å²) < 4.78 is 21.5. The molecule has 0 radical (unpaired) electrons. The van der Waals surface area contributed by atoms with Gasteiger partial charge in [-0.2, -0.15) is 0 Å². The summed E-state index contributed by atoms with van der Waals surface area (Å²) in [4.78, 5) is 28.3. The van der Waals surface area contributed by atoms with Crippen LogP contribution >= 0.6 is 11.6 Å². The van der Waals surface area contributed by atoms with Crippen molar-refractivity contribution in [2.75, 3.05) is 33.3 Å². The molecule has 1 fully saturated rings. The van der Waals surface area contributed by atoms with E-state index in [2.05, 4.69) is 0 Å². The van der Waals surface area contributed by atoms with E-state index in [1.165, 1.54) is 39.4 Å². The van der Waals surface area contributed by atoms with Crippen LogP contribution in [-0.2, 0) is 9.59 Å². The molecule has 37 heavy (non-hydrogen) atoms. The van der Waals surface area contributed by atoms with E-state index < -0.39 is 17.7 Å². The number of Topliss-reactive ketones (excluding diaryl/α,β-unsaturated/α-hetero) is 1. The monoisotopic (exact) mass is 523 g/mol. The Labute approximate surface area is 219 Å². The van der Waals surface area contributed by atoms with E-state index >= 15 is 0 Å². The summed E-state index contributed by atoms with van der Waals surface area (Å²) in [6.07, 6.45) is 0. The molecule has 4 rings (SSSR count). The minimum Gasteiger partial charge on any atom is -0.507 e. The van der Waals surface area contributed by atoms with Gasteiger partial charge in [-0.05, 0) is 60.5 Å².